The summed E-state index contributed by atoms with van der Waals surface area (Å²) in [6, 6.07) is 0. The average molecular weight is 480 g/mol. The molecule has 12 heteroatoms. The van der Waals surface area contributed by atoms with Gasteiger partial charge < -0.3 is 14.2 Å². The highest BCUT2D eigenvalue weighted by Gasteiger charge is 2.77. The van der Waals surface area contributed by atoms with Crippen LogP contribution in [0.25, 0.3) is 0 Å². The highest BCUT2D eigenvalue weighted by atomic mass is 19.4. The first-order chi connectivity index (χ1) is 14.4. The zero-order valence-corrected chi connectivity index (χ0v) is 18.3. The molecule has 0 N–H and O–H groups in total. The van der Waals surface area contributed by atoms with Gasteiger partial charge in [0, 0.05) is 13.2 Å². The van der Waals surface area contributed by atoms with E-state index in [4.69, 9.17) is 4.74 Å². The first-order valence-electron chi connectivity index (χ1n) is 9.42. The highest BCUT2D eigenvalue weighted by Crippen LogP contribution is 2.47. The third-order valence-corrected chi connectivity index (χ3v) is 4.59. The fourth-order valence-corrected chi connectivity index (χ4v) is 2.32. The molecule has 0 saturated heterocycles. The Bertz CT molecular complexity index is 697. The molecule has 0 aromatic rings. The van der Waals surface area contributed by atoms with Crippen LogP contribution in [-0.4, -0.2) is 55.9 Å². The SMILES string of the molecule is COC(=O)/C=C(\C)CC/C=C/CCC(OC(=O)C(F)(F)C(F)(F)C(F)(F)F)C(C)(C)OC. The Morgan fingerprint density at radius 3 is 1.94 bits per heavy atom. The number of halogens is 7. The van der Waals surface area contributed by atoms with Crippen molar-refractivity contribution in [2.45, 2.75) is 76.2 Å². The molecule has 0 aromatic carbocycles. The van der Waals surface area contributed by atoms with Crippen molar-refractivity contribution in [1.82, 2.24) is 0 Å². The van der Waals surface area contributed by atoms with Gasteiger partial charge in [-0.05, 0) is 46.5 Å². The summed E-state index contributed by atoms with van der Waals surface area (Å²) in [6.45, 7) is 4.31. The number of carbonyl (C=O) groups excluding carboxylic acids is 2. The van der Waals surface area contributed by atoms with Gasteiger partial charge in [-0.1, -0.05) is 17.7 Å². The summed E-state index contributed by atoms with van der Waals surface area (Å²) in [6.07, 6.45) is -2.69. The number of hydrogen-bond donors (Lipinski definition) is 0. The standard InChI is InChI=1S/C20H27F7O5/c1-13(12-15(28)30-4)10-8-6-7-9-11-14(17(2,3)31-5)32-16(29)18(21,22)19(23,24)20(25,26)27/h6-7,12,14H,8-11H2,1-5H3/b7-6+,13-12+. The monoisotopic (exact) mass is 480 g/mol. The zero-order valence-electron chi connectivity index (χ0n) is 18.3. The number of hydrogen-bond acceptors (Lipinski definition) is 5. The van der Waals surface area contributed by atoms with E-state index in [-0.39, 0.29) is 12.8 Å². The summed E-state index contributed by atoms with van der Waals surface area (Å²) in [5, 5.41) is 0. The number of allylic oxidation sites excluding steroid dienone is 3. The van der Waals surface area contributed by atoms with Crippen LogP contribution >= 0.6 is 0 Å². The molecule has 0 bridgehead atoms. The van der Waals surface area contributed by atoms with Gasteiger partial charge in [0.15, 0.2) is 0 Å². The maximum atomic E-state index is 13.6. The van der Waals surface area contributed by atoms with E-state index in [9.17, 15) is 40.3 Å². The predicted octanol–water partition coefficient (Wildman–Crippen LogP) is 5.39. The molecule has 1 atom stereocenters. The van der Waals surface area contributed by atoms with Crippen LogP contribution < -0.4 is 0 Å². The predicted molar refractivity (Wildman–Crippen MR) is 100 cm³/mol. The number of rotatable bonds is 12. The van der Waals surface area contributed by atoms with Crippen molar-refractivity contribution >= 4 is 11.9 Å². The van der Waals surface area contributed by atoms with Crippen LogP contribution in [0.5, 0.6) is 0 Å². The smallest absolute Gasteiger partial charge is 0.460 e. The molecule has 0 aliphatic rings. The van der Waals surface area contributed by atoms with Crippen LogP contribution in [0.2, 0.25) is 0 Å². The maximum Gasteiger partial charge on any atom is 0.460 e. The molecule has 5 nitrogen and oxygen atoms in total. The number of methoxy groups -OCH3 is 2. The van der Waals surface area contributed by atoms with E-state index in [1.807, 2.05) is 0 Å². The lowest BCUT2D eigenvalue weighted by Gasteiger charge is -2.34. The molecule has 0 aromatic heterocycles. The lowest BCUT2D eigenvalue weighted by Crippen LogP contribution is -2.58. The molecule has 0 spiro atoms. The minimum absolute atomic E-state index is 0.117. The van der Waals surface area contributed by atoms with E-state index >= 15 is 0 Å². The number of ether oxygens (including phenoxy) is 3. The van der Waals surface area contributed by atoms with Gasteiger partial charge in [0.05, 0.1) is 12.7 Å². The van der Waals surface area contributed by atoms with Gasteiger partial charge in [-0.3, -0.25) is 0 Å². The third kappa shape index (κ3) is 8.10. The lowest BCUT2D eigenvalue weighted by molar-refractivity contribution is -0.349. The molecule has 0 aliphatic heterocycles. The van der Waals surface area contributed by atoms with Crippen molar-refractivity contribution in [3.05, 3.63) is 23.8 Å². The number of esters is 2. The molecular weight excluding hydrogens is 453 g/mol. The number of carbonyl (C=O) groups is 2. The fourth-order valence-electron chi connectivity index (χ4n) is 2.32. The molecule has 0 saturated carbocycles. The Hall–Kier alpha value is -2.11. The normalized spacial score (nSPS) is 15.1. The maximum absolute atomic E-state index is 13.6. The molecule has 0 amide bonds. The average Bonchev–Trinajstić information content (AvgIpc) is 2.67. The van der Waals surface area contributed by atoms with Crippen molar-refractivity contribution in [3.63, 3.8) is 0 Å². The first kappa shape index (κ1) is 29.9. The Morgan fingerprint density at radius 1 is 0.938 bits per heavy atom. The molecule has 32 heavy (non-hydrogen) atoms. The van der Waals surface area contributed by atoms with Gasteiger partial charge in [-0.15, -0.1) is 0 Å². The Balaban J connectivity index is 5.15. The van der Waals surface area contributed by atoms with Crippen LogP contribution in [0.3, 0.4) is 0 Å². The minimum Gasteiger partial charge on any atom is -0.466 e. The van der Waals surface area contributed by atoms with Crippen molar-refractivity contribution in [1.29, 1.82) is 0 Å². The van der Waals surface area contributed by atoms with Crippen molar-refractivity contribution in [2.75, 3.05) is 14.2 Å². The van der Waals surface area contributed by atoms with Crippen LogP contribution in [0.15, 0.2) is 23.8 Å². The third-order valence-electron chi connectivity index (χ3n) is 4.59. The van der Waals surface area contributed by atoms with Crippen LogP contribution in [0, 0.1) is 0 Å². The van der Waals surface area contributed by atoms with E-state index in [0.29, 0.717) is 12.8 Å². The van der Waals surface area contributed by atoms with Gasteiger partial charge in [-0.25, -0.2) is 9.59 Å². The fraction of sp³-hybridized carbons (Fsp3) is 0.700. The number of alkyl halides is 7. The van der Waals surface area contributed by atoms with Crippen molar-refractivity contribution in [2.24, 2.45) is 0 Å². The molecular formula is C20H27F7O5. The molecule has 1 unspecified atom stereocenters. The molecule has 0 rings (SSSR count). The minimum atomic E-state index is -6.65. The van der Waals surface area contributed by atoms with Gasteiger partial charge in [0.1, 0.15) is 6.10 Å². The Morgan fingerprint density at radius 2 is 1.47 bits per heavy atom. The second kappa shape index (κ2) is 11.7. The van der Waals surface area contributed by atoms with E-state index < -0.39 is 41.7 Å². The molecule has 0 radical (unpaired) electrons. The zero-order chi connectivity index (χ0) is 25.4. The van der Waals surface area contributed by atoms with Crippen molar-refractivity contribution < 1.29 is 54.5 Å². The second-order valence-corrected chi connectivity index (χ2v) is 7.45. The molecule has 0 fully saturated rings. The van der Waals surface area contributed by atoms with Gasteiger partial charge in [0.2, 0.25) is 0 Å². The van der Waals surface area contributed by atoms with Crippen LogP contribution in [0.1, 0.15) is 46.5 Å². The van der Waals surface area contributed by atoms with Gasteiger partial charge >= 0.3 is 30.0 Å². The summed E-state index contributed by atoms with van der Waals surface area (Å²) in [4.78, 5) is 22.7. The highest BCUT2D eigenvalue weighted by molar-refractivity contribution is 5.82. The van der Waals surface area contributed by atoms with Gasteiger partial charge in [0.25, 0.3) is 0 Å². The summed E-state index contributed by atoms with van der Waals surface area (Å²) >= 11 is 0. The van der Waals surface area contributed by atoms with E-state index in [1.54, 1.807) is 19.1 Å². The topological polar surface area (TPSA) is 61.8 Å². The molecule has 0 heterocycles. The molecule has 0 aliphatic carbocycles. The Kier molecular flexibility index (Phi) is 10.9. The first-order valence-corrected chi connectivity index (χ1v) is 9.42. The largest absolute Gasteiger partial charge is 0.466 e. The summed E-state index contributed by atoms with van der Waals surface area (Å²) in [5.74, 6) is -16.2. The summed E-state index contributed by atoms with van der Waals surface area (Å²) in [5.41, 5.74) is -0.714. The van der Waals surface area contributed by atoms with E-state index in [2.05, 4.69) is 9.47 Å². The van der Waals surface area contributed by atoms with E-state index in [1.165, 1.54) is 27.0 Å². The van der Waals surface area contributed by atoms with Crippen molar-refractivity contribution in [3.8, 4) is 0 Å². The van der Waals surface area contributed by atoms with Crippen LogP contribution in [0.4, 0.5) is 30.7 Å². The summed E-state index contributed by atoms with van der Waals surface area (Å²) < 4.78 is 104. The quantitative estimate of drug-likeness (QED) is 0.162. The Labute approximate surface area is 181 Å². The lowest BCUT2D eigenvalue weighted by atomic mass is 9.96. The van der Waals surface area contributed by atoms with Crippen LogP contribution in [-0.2, 0) is 23.8 Å². The molecule has 186 valence electrons. The van der Waals surface area contributed by atoms with Gasteiger partial charge in [-0.2, -0.15) is 30.7 Å². The summed E-state index contributed by atoms with van der Waals surface area (Å²) in [7, 11) is 2.37. The van der Waals surface area contributed by atoms with E-state index in [0.717, 1.165) is 12.7 Å². The second-order valence-electron chi connectivity index (χ2n) is 7.45.